The third kappa shape index (κ3) is 2.67. The SMILES string of the molecule is Cn1ncc2ccc(-c3cnc(Oc4cccc(F)c4)nc3)nc21. The van der Waals surface area contributed by atoms with Crippen LogP contribution in [-0.4, -0.2) is 24.7 Å². The van der Waals surface area contributed by atoms with E-state index in [1.807, 2.05) is 19.2 Å². The second kappa shape index (κ2) is 5.69. The van der Waals surface area contributed by atoms with Gasteiger partial charge < -0.3 is 4.74 Å². The molecule has 0 aliphatic heterocycles. The minimum Gasteiger partial charge on any atom is -0.424 e. The van der Waals surface area contributed by atoms with Crippen LogP contribution in [0.4, 0.5) is 4.39 Å². The molecule has 4 rings (SSSR count). The summed E-state index contributed by atoms with van der Waals surface area (Å²) in [5, 5.41) is 5.14. The fourth-order valence-electron chi connectivity index (χ4n) is 2.32. The molecule has 6 nitrogen and oxygen atoms in total. The highest BCUT2D eigenvalue weighted by molar-refractivity contribution is 5.77. The maximum Gasteiger partial charge on any atom is 0.321 e. The topological polar surface area (TPSA) is 65.7 Å². The predicted octanol–water partition coefficient (Wildman–Crippen LogP) is 3.36. The summed E-state index contributed by atoms with van der Waals surface area (Å²) in [5.74, 6) is -0.0324. The number of aryl methyl sites for hydroxylation is 1. The fourth-order valence-corrected chi connectivity index (χ4v) is 2.32. The number of aromatic nitrogens is 5. The van der Waals surface area contributed by atoms with Crippen molar-refractivity contribution < 1.29 is 9.13 Å². The molecule has 0 saturated carbocycles. The number of fused-ring (bicyclic) bond motifs is 1. The molecule has 0 unspecified atom stereocenters. The maximum absolute atomic E-state index is 13.2. The molecule has 0 aliphatic carbocycles. The molecule has 0 saturated heterocycles. The van der Waals surface area contributed by atoms with Gasteiger partial charge in [0.15, 0.2) is 5.65 Å². The summed E-state index contributed by atoms with van der Waals surface area (Å²) in [6.07, 6.45) is 5.00. The number of benzene rings is 1. The van der Waals surface area contributed by atoms with Gasteiger partial charge in [-0.3, -0.25) is 4.68 Å². The Bertz CT molecular complexity index is 1010. The van der Waals surface area contributed by atoms with Crippen molar-refractivity contribution in [3.05, 3.63) is 60.8 Å². The zero-order valence-corrected chi connectivity index (χ0v) is 12.7. The summed E-state index contributed by atoms with van der Waals surface area (Å²) < 4.78 is 20.3. The third-order valence-electron chi connectivity index (χ3n) is 3.51. The van der Waals surface area contributed by atoms with Crippen LogP contribution in [0, 0.1) is 5.82 Å². The lowest BCUT2D eigenvalue weighted by atomic mass is 10.2. The first-order valence-electron chi connectivity index (χ1n) is 7.24. The highest BCUT2D eigenvalue weighted by Crippen LogP contribution is 2.22. The van der Waals surface area contributed by atoms with E-state index in [9.17, 15) is 4.39 Å². The molecule has 3 heterocycles. The summed E-state index contributed by atoms with van der Waals surface area (Å²) in [6.45, 7) is 0. The van der Waals surface area contributed by atoms with Crippen molar-refractivity contribution in [3.8, 4) is 23.0 Å². The Morgan fingerprint density at radius 1 is 1.04 bits per heavy atom. The zero-order valence-electron chi connectivity index (χ0n) is 12.7. The van der Waals surface area contributed by atoms with Crippen molar-refractivity contribution in [1.29, 1.82) is 0 Å². The largest absolute Gasteiger partial charge is 0.424 e. The Balaban J connectivity index is 1.61. The highest BCUT2D eigenvalue weighted by Gasteiger charge is 2.07. The summed E-state index contributed by atoms with van der Waals surface area (Å²) >= 11 is 0. The van der Waals surface area contributed by atoms with Crippen molar-refractivity contribution in [2.24, 2.45) is 7.05 Å². The molecule has 24 heavy (non-hydrogen) atoms. The van der Waals surface area contributed by atoms with E-state index in [0.29, 0.717) is 5.75 Å². The Kier molecular flexibility index (Phi) is 3.38. The summed E-state index contributed by atoms with van der Waals surface area (Å²) in [4.78, 5) is 12.9. The van der Waals surface area contributed by atoms with E-state index in [-0.39, 0.29) is 11.8 Å². The monoisotopic (exact) mass is 321 g/mol. The highest BCUT2D eigenvalue weighted by atomic mass is 19.1. The molecule has 7 heteroatoms. The van der Waals surface area contributed by atoms with E-state index >= 15 is 0 Å². The van der Waals surface area contributed by atoms with Crippen molar-refractivity contribution in [2.75, 3.05) is 0 Å². The molecule has 118 valence electrons. The van der Waals surface area contributed by atoms with Gasteiger partial charge >= 0.3 is 6.01 Å². The van der Waals surface area contributed by atoms with Crippen LogP contribution in [0.25, 0.3) is 22.3 Å². The fraction of sp³-hybridized carbons (Fsp3) is 0.0588. The second-order valence-electron chi connectivity index (χ2n) is 5.19. The Morgan fingerprint density at radius 2 is 1.88 bits per heavy atom. The molecule has 0 spiro atoms. The first-order chi connectivity index (χ1) is 11.7. The van der Waals surface area contributed by atoms with Gasteiger partial charge in [-0.15, -0.1) is 0 Å². The molecule has 4 aromatic rings. The number of nitrogens with zero attached hydrogens (tertiary/aromatic N) is 5. The number of pyridine rings is 1. The van der Waals surface area contributed by atoms with Crippen LogP contribution in [0.5, 0.6) is 11.8 Å². The van der Waals surface area contributed by atoms with Crippen LogP contribution in [-0.2, 0) is 7.05 Å². The average Bonchev–Trinajstić information content (AvgIpc) is 2.96. The Morgan fingerprint density at radius 3 is 2.67 bits per heavy atom. The maximum atomic E-state index is 13.2. The van der Waals surface area contributed by atoms with Crippen LogP contribution >= 0.6 is 0 Å². The van der Waals surface area contributed by atoms with E-state index in [1.165, 1.54) is 12.1 Å². The summed E-state index contributed by atoms with van der Waals surface area (Å²) in [6, 6.07) is 9.79. The quantitative estimate of drug-likeness (QED) is 0.579. The number of halogens is 1. The summed E-state index contributed by atoms with van der Waals surface area (Å²) in [5.41, 5.74) is 2.28. The Hall–Kier alpha value is -3.35. The van der Waals surface area contributed by atoms with Crippen LogP contribution in [0.2, 0.25) is 0 Å². The van der Waals surface area contributed by atoms with Gasteiger partial charge in [-0.05, 0) is 24.3 Å². The minimum atomic E-state index is -0.377. The first kappa shape index (κ1) is 14.3. The lowest BCUT2D eigenvalue weighted by Gasteiger charge is -2.05. The molecule has 3 aromatic heterocycles. The van der Waals surface area contributed by atoms with Gasteiger partial charge in [0, 0.05) is 36.5 Å². The van der Waals surface area contributed by atoms with E-state index in [2.05, 4.69) is 20.1 Å². The number of rotatable bonds is 3. The van der Waals surface area contributed by atoms with E-state index < -0.39 is 0 Å². The second-order valence-corrected chi connectivity index (χ2v) is 5.19. The van der Waals surface area contributed by atoms with Gasteiger partial charge in [0.1, 0.15) is 11.6 Å². The number of ether oxygens (including phenoxy) is 1. The molecular weight excluding hydrogens is 309 g/mol. The van der Waals surface area contributed by atoms with Gasteiger partial charge in [0.25, 0.3) is 0 Å². The van der Waals surface area contributed by atoms with Crippen LogP contribution < -0.4 is 4.74 Å². The predicted molar refractivity (Wildman–Crippen MR) is 86.0 cm³/mol. The number of hydrogen-bond acceptors (Lipinski definition) is 5. The number of hydrogen-bond donors (Lipinski definition) is 0. The van der Waals surface area contributed by atoms with Gasteiger partial charge in [0.2, 0.25) is 0 Å². The molecular formula is C17H12FN5O. The van der Waals surface area contributed by atoms with Gasteiger partial charge in [-0.25, -0.2) is 19.3 Å². The lowest BCUT2D eigenvalue weighted by molar-refractivity contribution is 0.438. The Labute approximate surface area is 136 Å². The van der Waals surface area contributed by atoms with Gasteiger partial charge in [-0.1, -0.05) is 6.07 Å². The van der Waals surface area contributed by atoms with Crippen molar-refractivity contribution in [1.82, 2.24) is 24.7 Å². The standard InChI is InChI=1S/C17H12FN5O/c1-23-16-11(10-21-23)5-6-15(22-16)12-8-19-17(20-9-12)24-14-4-2-3-13(18)7-14/h2-10H,1H3. The van der Waals surface area contributed by atoms with Crippen LogP contribution in [0.1, 0.15) is 0 Å². The molecule has 0 bridgehead atoms. The molecule has 0 radical (unpaired) electrons. The van der Waals surface area contributed by atoms with E-state index in [0.717, 1.165) is 22.3 Å². The molecule has 1 aromatic carbocycles. The van der Waals surface area contributed by atoms with Crippen molar-refractivity contribution in [3.63, 3.8) is 0 Å². The molecule has 0 N–H and O–H groups in total. The summed E-state index contributed by atoms with van der Waals surface area (Å²) in [7, 11) is 1.84. The van der Waals surface area contributed by atoms with E-state index in [4.69, 9.17) is 4.74 Å². The van der Waals surface area contributed by atoms with Gasteiger partial charge in [-0.2, -0.15) is 5.10 Å². The smallest absolute Gasteiger partial charge is 0.321 e. The molecule has 0 atom stereocenters. The lowest BCUT2D eigenvalue weighted by Crippen LogP contribution is -1.95. The molecule has 0 fully saturated rings. The van der Waals surface area contributed by atoms with Crippen LogP contribution in [0.3, 0.4) is 0 Å². The van der Waals surface area contributed by atoms with E-state index in [1.54, 1.807) is 35.4 Å². The van der Waals surface area contributed by atoms with Crippen LogP contribution in [0.15, 0.2) is 55.0 Å². The normalized spacial score (nSPS) is 10.9. The molecule has 0 amide bonds. The van der Waals surface area contributed by atoms with Crippen molar-refractivity contribution in [2.45, 2.75) is 0 Å². The zero-order chi connectivity index (χ0) is 16.5. The van der Waals surface area contributed by atoms with Crippen molar-refractivity contribution >= 4 is 11.0 Å². The average molecular weight is 321 g/mol. The first-order valence-corrected chi connectivity index (χ1v) is 7.24. The van der Waals surface area contributed by atoms with Gasteiger partial charge in [0.05, 0.1) is 11.9 Å². The molecule has 0 aliphatic rings. The third-order valence-corrected chi connectivity index (χ3v) is 3.51. The minimum absolute atomic E-state index is 0.144.